The summed E-state index contributed by atoms with van der Waals surface area (Å²) in [7, 11) is 0. The van der Waals surface area contributed by atoms with Crippen LogP contribution in [-0.2, 0) is 0 Å². The lowest BCUT2D eigenvalue weighted by molar-refractivity contribution is 0.0997. The third-order valence-corrected chi connectivity index (χ3v) is 4.31. The molecule has 0 aliphatic rings. The van der Waals surface area contributed by atoms with E-state index in [9.17, 15) is 4.79 Å². The van der Waals surface area contributed by atoms with Crippen molar-refractivity contribution < 1.29 is 9.21 Å². The molecule has 0 aliphatic carbocycles. The number of hydrogen-bond acceptors (Lipinski definition) is 3. The molecule has 0 radical (unpaired) electrons. The first-order chi connectivity index (χ1) is 13.1. The Labute approximate surface area is 157 Å². The van der Waals surface area contributed by atoms with Crippen molar-refractivity contribution >= 4 is 11.6 Å². The van der Waals surface area contributed by atoms with Gasteiger partial charge < -0.3 is 9.73 Å². The second kappa shape index (κ2) is 6.96. The van der Waals surface area contributed by atoms with Crippen LogP contribution in [0.15, 0.2) is 77.4 Å². The fourth-order valence-electron chi connectivity index (χ4n) is 3.12. The number of carbonyl (C=O) groups is 1. The quantitative estimate of drug-likeness (QED) is 0.559. The predicted molar refractivity (Wildman–Crippen MR) is 105 cm³/mol. The molecule has 4 rings (SSSR count). The van der Waals surface area contributed by atoms with Crippen LogP contribution in [0.1, 0.15) is 21.9 Å². The number of aromatic nitrogens is 2. The van der Waals surface area contributed by atoms with Gasteiger partial charge in [-0.05, 0) is 49.7 Å². The van der Waals surface area contributed by atoms with Gasteiger partial charge in [0.15, 0.2) is 5.76 Å². The summed E-state index contributed by atoms with van der Waals surface area (Å²) in [5, 5.41) is 7.41. The minimum absolute atomic E-state index is 0.288. The van der Waals surface area contributed by atoms with E-state index in [-0.39, 0.29) is 11.7 Å². The lowest BCUT2D eigenvalue weighted by Crippen LogP contribution is -2.12. The number of anilines is 1. The molecule has 0 saturated heterocycles. The monoisotopic (exact) mass is 357 g/mol. The first-order valence-electron chi connectivity index (χ1n) is 8.70. The van der Waals surface area contributed by atoms with Crippen LogP contribution >= 0.6 is 0 Å². The predicted octanol–water partition coefficient (Wildman–Crippen LogP) is 5.00. The van der Waals surface area contributed by atoms with E-state index in [1.54, 1.807) is 6.07 Å². The van der Waals surface area contributed by atoms with Gasteiger partial charge in [-0.15, -0.1) is 0 Å². The second-order valence-corrected chi connectivity index (χ2v) is 6.37. The molecule has 2 heterocycles. The maximum Gasteiger partial charge on any atom is 0.292 e. The number of carbonyl (C=O) groups excluding carboxylic acids is 1. The maximum atomic E-state index is 12.8. The van der Waals surface area contributed by atoms with Crippen LogP contribution in [0, 0.1) is 13.8 Å². The van der Waals surface area contributed by atoms with Crippen molar-refractivity contribution in [2.75, 3.05) is 5.32 Å². The molecule has 0 bridgehead atoms. The van der Waals surface area contributed by atoms with E-state index in [1.165, 1.54) is 6.26 Å². The van der Waals surface area contributed by atoms with Gasteiger partial charge in [0, 0.05) is 16.9 Å². The fraction of sp³-hybridized carbons (Fsp3) is 0.0909. The van der Waals surface area contributed by atoms with Gasteiger partial charge in [-0.2, -0.15) is 5.10 Å². The zero-order chi connectivity index (χ0) is 18.8. The van der Waals surface area contributed by atoms with Crippen LogP contribution in [0.3, 0.4) is 0 Å². The van der Waals surface area contributed by atoms with Crippen molar-refractivity contribution in [2.45, 2.75) is 13.8 Å². The van der Waals surface area contributed by atoms with Crippen LogP contribution < -0.4 is 5.32 Å². The molecule has 5 nitrogen and oxygen atoms in total. The van der Waals surface area contributed by atoms with E-state index < -0.39 is 0 Å². The number of aryl methyl sites for hydroxylation is 2. The molecule has 1 amide bonds. The Kier molecular flexibility index (Phi) is 4.34. The Morgan fingerprint density at radius 2 is 1.81 bits per heavy atom. The highest BCUT2D eigenvalue weighted by atomic mass is 16.3. The van der Waals surface area contributed by atoms with Crippen LogP contribution in [0.4, 0.5) is 5.69 Å². The Bertz CT molecular complexity index is 1090. The highest BCUT2D eigenvalue weighted by Gasteiger charge is 2.17. The average molecular weight is 357 g/mol. The molecule has 0 spiro atoms. The highest BCUT2D eigenvalue weighted by Crippen LogP contribution is 2.26. The Balaban J connectivity index is 1.61. The molecule has 0 aliphatic heterocycles. The van der Waals surface area contributed by atoms with Crippen LogP contribution in [0.25, 0.3) is 16.8 Å². The number of amides is 1. The van der Waals surface area contributed by atoms with Crippen molar-refractivity contribution in [3.8, 4) is 16.8 Å². The van der Waals surface area contributed by atoms with E-state index in [4.69, 9.17) is 4.42 Å². The Morgan fingerprint density at radius 3 is 2.56 bits per heavy atom. The topological polar surface area (TPSA) is 60.1 Å². The molecule has 2 aromatic heterocycles. The third-order valence-electron chi connectivity index (χ3n) is 4.31. The number of nitrogens with zero attached hydrogens (tertiary/aromatic N) is 2. The zero-order valence-electron chi connectivity index (χ0n) is 15.1. The number of rotatable bonds is 4. The smallest absolute Gasteiger partial charge is 0.292 e. The fourth-order valence-corrected chi connectivity index (χ4v) is 3.12. The summed E-state index contributed by atoms with van der Waals surface area (Å²) in [5.74, 6) is 0.00193. The summed E-state index contributed by atoms with van der Waals surface area (Å²) >= 11 is 0. The van der Waals surface area contributed by atoms with Crippen molar-refractivity contribution in [3.63, 3.8) is 0 Å². The molecular formula is C22H19N3O2. The van der Waals surface area contributed by atoms with E-state index in [2.05, 4.69) is 10.4 Å². The lowest BCUT2D eigenvalue weighted by Gasteiger charge is -2.09. The van der Waals surface area contributed by atoms with Crippen LogP contribution in [0.5, 0.6) is 0 Å². The van der Waals surface area contributed by atoms with Crippen molar-refractivity contribution in [1.82, 2.24) is 9.78 Å². The minimum atomic E-state index is -0.288. The molecule has 0 fully saturated rings. The van der Waals surface area contributed by atoms with Crippen molar-refractivity contribution in [1.29, 1.82) is 0 Å². The average Bonchev–Trinajstić information content (AvgIpc) is 3.29. The summed E-state index contributed by atoms with van der Waals surface area (Å²) in [6.07, 6.45) is 1.53. The molecule has 0 unspecified atom stereocenters. The van der Waals surface area contributed by atoms with Gasteiger partial charge in [-0.25, -0.2) is 4.68 Å². The van der Waals surface area contributed by atoms with Gasteiger partial charge in [-0.1, -0.05) is 36.4 Å². The third kappa shape index (κ3) is 3.40. The van der Waals surface area contributed by atoms with Gasteiger partial charge in [0.1, 0.15) is 0 Å². The Morgan fingerprint density at radius 1 is 1.00 bits per heavy atom. The summed E-state index contributed by atoms with van der Waals surface area (Å²) in [6, 6.07) is 21.1. The van der Waals surface area contributed by atoms with Gasteiger partial charge in [0.05, 0.1) is 17.6 Å². The van der Waals surface area contributed by atoms with Crippen LogP contribution in [-0.4, -0.2) is 15.7 Å². The molecule has 0 atom stereocenters. The van der Waals surface area contributed by atoms with E-state index in [0.717, 1.165) is 28.2 Å². The van der Waals surface area contributed by atoms with Crippen molar-refractivity contribution in [2.24, 2.45) is 0 Å². The van der Waals surface area contributed by atoms with Gasteiger partial charge in [-0.3, -0.25) is 4.79 Å². The number of benzene rings is 2. The summed E-state index contributed by atoms with van der Waals surface area (Å²) < 4.78 is 7.32. The minimum Gasteiger partial charge on any atom is -0.459 e. The highest BCUT2D eigenvalue weighted by molar-refractivity contribution is 6.06. The molecule has 134 valence electrons. The van der Waals surface area contributed by atoms with Crippen LogP contribution in [0.2, 0.25) is 0 Å². The van der Waals surface area contributed by atoms with Crippen molar-refractivity contribution in [3.05, 3.63) is 90.1 Å². The molecule has 5 heteroatoms. The first kappa shape index (κ1) is 16.8. The zero-order valence-corrected chi connectivity index (χ0v) is 15.1. The van der Waals surface area contributed by atoms with E-state index in [0.29, 0.717) is 5.69 Å². The lowest BCUT2D eigenvalue weighted by atomic mass is 10.1. The number of hydrogen-bond donors (Lipinski definition) is 1. The first-order valence-corrected chi connectivity index (χ1v) is 8.70. The van der Waals surface area contributed by atoms with E-state index >= 15 is 0 Å². The molecule has 4 aromatic rings. The summed E-state index contributed by atoms with van der Waals surface area (Å²) in [6.45, 7) is 3.96. The normalized spacial score (nSPS) is 10.7. The number of furan rings is 1. The molecule has 1 N–H and O–H groups in total. The SMILES string of the molecule is Cc1cc(C)n(-c2cccc(NC(=O)c3occc3-c3ccccc3)c2)n1. The second-order valence-electron chi connectivity index (χ2n) is 6.37. The molecular weight excluding hydrogens is 338 g/mol. The standard InChI is InChI=1S/C22H19N3O2/c1-15-13-16(2)25(24-15)19-10-6-9-18(14-19)23-22(26)21-20(11-12-27-21)17-7-4-3-5-8-17/h3-14H,1-2H3,(H,23,26). The largest absolute Gasteiger partial charge is 0.459 e. The Hall–Kier alpha value is -3.60. The summed E-state index contributed by atoms with van der Waals surface area (Å²) in [5.41, 5.74) is 5.26. The van der Waals surface area contributed by atoms with Gasteiger partial charge in [0.2, 0.25) is 0 Å². The number of nitrogens with one attached hydrogen (secondary N) is 1. The van der Waals surface area contributed by atoms with Gasteiger partial charge in [0.25, 0.3) is 5.91 Å². The molecule has 27 heavy (non-hydrogen) atoms. The molecule has 2 aromatic carbocycles. The summed E-state index contributed by atoms with van der Waals surface area (Å²) in [4.78, 5) is 12.8. The van der Waals surface area contributed by atoms with E-state index in [1.807, 2.05) is 79.2 Å². The molecule has 0 saturated carbocycles. The van der Waals surface area contributed by atoms with Gasteiger partial charge >= 0.3 is 0 Å². The maximum absolute atomic E-state index is 12.8.